The molecule has 1 amide bonds. The summed E-state index contributed by atoms with van der Waals surface area (Å²) in [6.45, 7) is 0. The molecular weight excluding hydrogens is 192 g/mol. The molecule has 1 aliphatic carbocycles. The normalized spacial score (nSPS) is 24.7. The van der Waals surface area contributed by atoms with Gasteiger partial charge in [0.15, 0.2) is 0 Å². The number of nitrogens with two attached hydrogens (primary N) is 1. The molecule has 1 saturated carbocycles. The number of carbonyl (C=O) groups excluding carboxylic acids is 1. The maximum atomic E-state index is 11.0. The second-order valence-corrected chi connectivity index (χ2v) is 2.97. The minimum Gasteiger partial charge on any atom is -0.469 e. The molecule has 1 heterocycles. The average molecular weight is 203 g/mol. The fraction of sp³-hybridized carbons (Fsp3) is 0.375. The minimum atomic E-state index is -0.101. The van der Waals surface area contributed by atoms with Crippen LogP contribution in [0.5, 0.6) is 0 Å². The highest BCUT2D eigenvalue weighted by Gasteiger charge is 2.45. The van der Waals surface area contributed by atoms with E-state index in [4.69, 9.17) is 10.3 Å². The summed E-state index contributed by atoms with van der Waals surface area (Å²) in [5.74, 6) is 6.03. The molecule has 2 unspecified atom stereocenters. The van der Waals surface area contributed by atoms with Crippen molar-refractivity contribution in [1.82, 2.24) is 5.43 Å². The smallest absolute Gasteiger partial charge is 0.237 e. The number of hydrogen-bond donors (Lipinski definition) is 2. The topological polar surface area (TPSA) is 68.3 Å². The molecule has 5 heteroatoms. The summed E-state index contributed by atoms with van der Waals surface area (Å²) in [7, 11) is 0. The highest BCUT2D eigenvalue weighted by molar-refractivity contribution is 5.85. The van der Waals surface area contributed by atoms with Gasteiger partial charge in [-0.2, -0.15) is 0 Å². The highest BCUT2D eigenvalue weighted by atomic mass is 35.5. The van der Waals surface area contributed by atoms with Crippen LogP contribution in [0, 0.1) is 5.92 Å². The summed E-state index contributed by atoms with van der Waals surface area (Å²) >= 11 is 0. The number of furan rings is 1. The van der Waals surface area contributed by atoms with E-state index in [0.29, 0.717) is 0 Å². The number of carbonyl (C=O) groups is 1. The molecule has 0 bridgehead atoms. The lowest BCUT2D eigenvalue weighted by atomic mass is 10.2. The molecule has 72 valence electrons. The van der Waals surface area contributed by atoms with Crippen LogP contribution in [0.3, 0.4) is 0 Å². The van der Waals surface area contributed by atoms with Crippen molar-refractivity contribution in [3.05, 3.63) is 24.2 Å². The van der Waals surface area contributed by atoms with Crippen molar-refractivity contribution in [2.75, 3.05) is 0 Å². The Balaban J connectivity index is 0.000000845. The van der Waals surface area contributed by atoms with Gasteiger partial charge >= 0.3 is 0 Å². The third-order valence-corrected chi connectivity index (χ3v) is 2.18. The van der Waals surface area contributed by atoms with Crippen LogP contribution in [-0.2, 0) is 4.79 Å². The second-order valence-electron chi connectivity index (χ2n) is 2.97. The van der Waals surface area contributed by atoms with Gasteiger partial charge in [0.2, 0.25) is 5.91 Å². The van der Waals surface area contributed by atoms with Crippen molar-refractivity contribution in [3.8, 4) is 0 Å². The largest absolute Gasteiger partial charge is 0.469 e. The molecular formula is C8H11ClN2O2. The summed E-state index contributed by atoms with van der Waals surface area (Å²) in [6, 6.07) is 3.71. The fourth-order valence-corrected chi connectivity index (χ4v) is 1.41. The van der Waals surface area contributed by atoms with Gasteiger partial charge in [-0.3, -0.25) is 10.2 Å². The van der Waals surface area contributed by atoms with Crippen LogP contribution < -0.4 is 11.3 Å². The molecule has 4 nitrogen and oxygen atoms in total. The Kier molecular flexibility index (Phi) is 2.95. The van der Waals surface area contributed by atoms with Gasteiger partial charge in [0, 0.05) is 11.8 Å². The molecule has 1 aromatic rings. The van der Waals surface area contributed by atoms with E-state index in [2.05, 4.69) is 5.43 Å². The number of hydrazine groups is 1. The van der Waals surface area contributed by atoms with Crippen molar-refractivity contribution in [1.29, 1.82) is 0 Å². The molecule has 0 saturated heterocycles. The average Bonchev–Trinajstić information content (AvgIpc) is 2.71. The SMILES string of the molecule is Cl.NNC(=O)C1CC1c1ccco1. The Morgan fingerprint density at radius 1 is 1.69 bits per heavy atom. The van der Waals surface area contributed by atoms with Crippen LogP contribution in [0.2, 0.25) is 0 Å². The molecule has 0 spiro atoms. The summed E-state index contributed by atoms with van der Waals surface area (Å²) in [4.78, 5) is 11.0. The third kappa shape index (κ3) is 1.84. The van der Waals surface area contributed by atoms with E-state index >= 15 is 0 Å². The Bertz CT molecular complexity index is 286. The monoisotopic (exact) mass is 202 g/mol. The van der Waals surface area contributed by atoms with Gasteiger partial charge in [0.1, 0.15) is 5.76 Å². The van der Waals surface area contributed by atoms with Crippen LogP contribution in [-0.4, -0.2) is 5.91 Å². The first-order chi connectivity index (χ1) is 5.83. The van der Waals surface area contributed by atoms with Crippen molar-refractivity contribution < 1.29 is 9.21 Å². The van der Waals surface area contributed by atoms with E-state index in [-0.39, 0.29) is 30.2 Å². The molecule has 2 rings (SSSR count). The third-order valence-electron chi connectivity index (χ3n) is 2.18. The minimum absolute atomic E-state index is 0. The van der Waals surface area contributed by atoms with E-state index in [1.54, 1.807) is 6.26 Å². The Morgan fingerprint density at radius 3 is 3.00 bits per heavy atom. The number of halogens is 1. The zero-order valence-corrected chi connectivity index (χ0v) is 7.71. The zero-order chi connectivity index (χ0) is 8.55. The molecule has 0 aromatic carbocycles. The van der Waals surface area contributed by atoms with Crippen LogP contribution in [0.15, 0.2) is 22.8 Å². The first-order valence-electron chi connectivity index (χ1n) is 3.87. The van der Waals surface area contributed by atoms with E-state index in [9.17, 15) is 4.79 Å². The highest BCUT2D eigenvalue weighted by Crippen LogP contribution is 2.47. The Labute approximate surface area is 81.9 Å². The van der Waals surface area contributed by atoms with Crippen molar-refractivity contribution in [2.24, 2.45) is 11.8 Å². The van der Waals surface area contributed by atoms with Gasteiger partial charge in [-0.25, -0.2) is 5.84 Å². The molecule has 2 atom stereocenters. The number of rotatable bonds is 2. The van der Waals surface area contributed by atoms with Crippen LogP contribution in [0.1, 0.15) is 18.1 Å². The van der Waals surface area contributed by atoms with Gasteiger partial charge in [-0.05, 0) is 18.6 Å². The van der Waals surface area contributed by atoms with Crippen molar-refractivity contribution >= 4 is 18.3 Å². The van der Waals surface area contributed by atoms with Crippen molar-refractivity contribution in [2.45, 2.75) is 12.3 Å². The molecule has 13 heavy (non-hydrogen) atoms. The zero-order valence-electron chi connectivity index (χ0n) is 6.90. The predicted molar refractivity (Wildman–Crippen MR) is 49.1 cm³/mol. The molecule has 0 radical (unpaired) electrons. The lowest BCUT2D eigenvalue weighted by Crippen LogP contribution is -2.31. The summed E-state index contributed by atoms with van der Waals surface area (Å²) in [5.41, 5.74) is 2.14. The number of nitrogens with one attached hydrogen (secondary N) is 1. The number of amides is 1. The lowest BCUT2D eigenvalue weighted by Gasteiger charge is -1.94. The first kappa shape index (κ1) is 10.1. The molecule has 1 aliphatic rings. The van der Waals surface area contributed by atoms with Gasteiger partial charge < -0.3 is 4.42 Å². The van der Waals surface area contributed by atoms with Crippen LogP contribution in [0.4, 0.5) is 0 Å². The first-order valence-corrected chi connectivity index (χ1v) is 3.87. The van der Waals surface area contributed by atoms with Gasteiger partial charge in [-0.1, -0.05) is 0 Å². The van der Waals surface area contributed by atoms with E-state index < -0.39 is 0 Å². The van der Waals surface area contributed by atoms with E-state index in [1.165, 1.54) is 0 Å². The summed E-state index contributed by atoms with van der Waals surface area (Å²) in [6.07, 6.45) is 2.46. The lowest BCUT2D eigenvalue weighted by molar-refractivity contribution is -0.122. The standard InChI is InChI=1S/C8H10N2O2.ClH/c9-10-8(11)6-4-5(6)7-2-1-3-12-7;/h1-3,5-6H,4,9H2,(H,10,11);1H. The summed E-state index contributed by atoms with van der Waals surface area (Å²) in [5, 5.41) is 0. The van der Waals surface area contributed by atoms with Crippen LogP contribution >= 0.6 is 12.4 Å². The van der Waals surface area contributed by atoms with Gasteiger partial charge in [0.05, 0.1) is 6.26 Å². The van der Waals surface area contributed by atoms with E-state index in [0.717, 1.165) is 12.2 Å². The van der Waals surface area contributed by atoms with Gasteiger partial charge in [0.25, 0.3) is 0 Å². The van der Waals surface area contributed by atoms with E-state index in [1.807, 2.05) is 12.1 Å². The fourth-order valence-electron chi connectivity index (χ4n) is 1.41. The Hall–Kier alpha value is -1.00. The quantitative estimate of drug-likeness (QED) is 0.423. The van der Waals surface area contributed by atoms with Gasteiger partial charge in [-0.15, -0.1) is 12.4 Å². The molecule has 1 fully saturated rings. The Morgan fingerprint density at radius 2 is 2.46 bits per heavy atom. The summed E-state index contributed by atoms with van der Waals surface area (Å²) < 4.78 is 5.16. The maximum Gasteiger partial charge on any atom is 0.237 e. The molecule has 0 aliphatic heterocycles. The predicted octanol–water partition coefficient (Wildman–Crippen LogP) is 0.795. The molecule has 1 aromatic heterocycles. The number of hydrogen-bond acceptors (Lipinski definition) is 3. The van der Waals surface area contributed by atoms with Crippen LogP contribution in [0.25, 0.3) is 0 Å². The maximum absolute atomic E-state index is 11.0. The second kappa shape index (κ2) is 3.81. The van der Waals surface area contributed by atoms with Crippen molar-refractivity contribution in [3.63, 3.8) is 0 Å². The molecule has 3 N–H and O–H groups in total.